The number of nitrogens with one attached hydrogen (secondary N) is 1. The summed E-state index contributed by atoms with van der Waals surface area (Å²) in [5.74, 6) is 0.305. The van der Waals surface area contributed by atoms with E-state index in [2.05, 4.69) is 5.32 Å². The fourth-order valence-electron chi connectivity index (χ4n) is 1.94. The Morgan fingerprint density at radius 3 is 2.82 bits per heavy atom. The van der Waals surface area contributed by atoms with Crippen LogP contribution in [0.15, 0.2) is 18.2 Å². The van der Waals surface area contributed by atoms with E-state index in [1.807, 2.05) is 32.0 Å². The Morgan fingerprint density at radius 1 is 1.47 bits per heavy atom. The molecule has 1 atom stereocenters. The van der Waals surface area contributed by atoms with Gasteiger partial charge in [0.2, 0.25) is 0 Å². The number of carbonyl (C=O) groups is 1. The molecule has 1 aromatic rings. The zero-order valence-corrected chi connectivity index (χ0v) is 10.4. The van der Waals surface area contributed by atoms with Crippen LogP contribution < -0.4 is 5.32 Å². The van der Waals surface area contributed by atoms with Gasteiger partial charge >= 0.3 is 0 Å². The molecule has 92 valence electrons. The van der Waals surface area contributed by atoms with E-state index in [0.717, 1.165) is 24.0 Å². The highest BCUT2D eigenvalue weighted by molar-refractivity contribution is 5.95. The first-order chi connectivity index (χ1) is 8.09. The minimum Gasteiger partial charge on any atom is -0.391 e. The van der Waals surface area contributed by atoms with E-state index in [1.54, 1.807) is 0 Å². The van der Waals surface area contributed by atoms with E-state index in [-0.39, 0.29) is 12.0 Å². The standard InChI is InChI=1S/C14H19NO2/c1-9-4-3-5-12(10(9)2)14(17)15-8-13(16)11-6-7-11/h3-5,11,13,16H,6-8H2,1-2H3,(H,15,17). The summed E-state index contributed by atoms with van der Waals surface area (Å²) in [5.41, 5.74) is 2.82. The Hall–Kier alpha value is -1.35. The lowest BCUT2D eigenvalue weighted by Crippen LogP contribution is -2.33. The van der Waals surface area contributed by atoms with E-state index in [9.17, 15) is 9.90 Å². The van der Waals surface area contributed by atoms with Gasteiger partial charge < -0.3 is 10.4 Å². The van der Waals surface area contributed by atoms with Crippen molar-refractivity contribution in [3.63, 3.8) is 0 Å². The third-order valence-electron chi connectivity index (χ3n) is 3.49. The number of carbonyl (C=O) groups excluding carboxylic acids is 1. The molecular weight excluding hydrogens is 214 g/mol. The van der Waals surface area contributed by atoms with Crippen LogP contribution in [-0.2, 0) is 0 Å². The maximum absolute atomic E-state index is 11.9. The predicted molar refractivity (Wildman–Crippen MR) is 67.0 cm³/mol. The molecule has 2 N–H and O–H groups in total. The van der Waals surface area contributed by atoms with Crippen molar-refractivity contribution in [3.8, 4) is 0 Å². The first-order valence-electron chi connectivity index (χ1n) is 6.12. The summed E-state index contributed by atoms with van der Waals surface area (Å²) in [7, 11) is 0. The number of aliphatic hydroxyl groups excluding tert-OH is 1. The van der Waals surface area contributed by atoms with Gasteiger partial charge in [-0.2, -0.15) is 0 Å². The van der Waals surface area contributed by atoms with Crippen molar-refractivity contribution in [2.45, 2.75) is 32.8 Å². The molecule has 1 fully saturated rings. The normalized spacial score (nSPS) is 16.6. The zero-order chi connectivity index (χ0) is 12.4. The van der Waals surface area contributed by atoms with Crippen LogP contribution in [0.5, 0.6) is 0 Å². The Labute approximate surface area is 102 Å². The quantitative estimate of drug-likeness (QED) is 0.833. The van der Waals surface area contributed by atoms with E-state index in [1.165, 1.54) is 0 Å². The van der Waals surface area contributed by atoms with Crippen LogP contribution in [0.2, 0.25) is 0 Å². The van der Waals surface area contributed by atoms with Gasteiger partial charge in [0.05, 0.1) is 6.10 Å². The zero-order valence-electron chi connectivity index (χ0n) is 10.4. The molecular formula is C14H19NO2. The molecule has 17 heavy (non-hydrogen) atoms. The average molecular weight is 233 g/mol. The summed E-state index contributed by atoms with van der Waals surface area (Å²) in [4.78, 5) is 11.9. The molecule has 0 heterocycles. The minimum atomic E-state index is -0.385. The SMILES string of the molecule is Cc1cccc(C(=O)NCC(O)C2CC2)c1C. The molecule has 1 aliphatic carbocycles. The Morgan fingerprint density at radius 2 is 2.18 bits per heavy atom. The second-order valence-electron chi connectivity index (χ2n) is 4.86. The van der Waals surface area contributed by atoms with Crippen LogP contribution >= 0.6 is 0 Å². The van der Waals surface area contributed by atoms with Crippen LogP contribution in [0.25, 0.3) is 0 Å². The summed E-state index contributed by atoms with van der Waals surface area (Å²) in [6, 6.07) is 5.70. The van der Waals surface area contributed by atoms with Crippen LogP contribution in [0.1, 0.15) is 34.3 Å². The maximum atomic E-state index is 11.9. The van der Waals surface area contributed by atoms with Crippen LogP contribution in [0.3, 0.4) is 0 Å². The van der Waals surface area contributed by atoms with E-state index in [4.69, 9.17) is 0 Å². The van der Waals surface area contributed by atoms with Crippen molar-refractivity contribution in [3.05, 3.63) is 34.9 Å². The molecule has 3 nitrogen and oxygen atoms in total. The summed E-state index contributed by atoms with van der Waals surface area (Å²) < 4.78 is 0. The molecule has 0 radical (unpaired) electrons. The average Bonchev–Trinajstić information content (AvgIpc) is 3.13. The van der Waals surface area contributed by atoms with Gasteiger partial charge in [-0.1, -0.05) is 12.1 Å². The van der Waals surface area contributed by atoms with Crippen molar-refractivity contribution >= 4 is 5.91 Å². The van der Waals surface area contributed by atoms with E-state index >= 15 is 0 Å². The number of hydrogen-bond donors (Lipinski definition) is 2. The van der Waals surface area contributed by atoms with Gasteiger partial charge in [0.15, 0.2) is 0 Å². The molecule has 1 aliphatic rings. The first kappa shape index (κ1) is 12.1. The first-order valence-corrected chi connectivity index (χ1v) is 6.12. The molecule has 0 bridgehead atoms. The van der Waals surface area contributed by atoms with Crippen molar-refractivity contribution in [1.82, 2.24) is 5.32 Å². The summed E-state index contributed by atoms with van der Waals surface area (Å²) in [6.07, 6.45) is 1.78. The topological polar surface area (TPSA) is 49.3 Å². The van der Waals surface area contributed by atoms with Crippen LogP contribution in [0.4, 0.5) is 0 Å². The molecule has 1 saturated carbocycles. The molecule has 1 aromatic carbocycles. The molecule has 0 aromatic heterocycles. The Kier molecular flexibility index (Phi) is 3.48. The summed E-state index contributed by atoms with van der Waals surface area (Å²) in [5, 5.41) is 12.5. The lowest BCUT2D eigenvalue weighted by atomic mass is 10.0. The number of amides is 1. The largest absolute Gasteiger partial charge is 0.391 e. The monoisotopic (exact) mass is 233 g/mol. The van der Waals surface area contributed by atoms with Crippen molar-refractivity contribution < 1.29 is 9.90 Å². The highest BCUT2D eigenvalue weighted by Crippen LogP contribution is 2.32. The Balaban J connectivity index is 1.96. The second kappa shape index (κ2) is 4.88. The highest BCUT2D eigenvalue weighted by atomic mass is 16.3. The van der Waals surface area contributed by atoms with Gasteiger partial charge in [0.1, 0.15) is 0 Å². The third kappa shape index (κ3) is 2.86. The van der Waals surface area contributed by atoms with Gasteiger partial charge in [0, 0.05) is 12.1 Å². The smallest absolute Gasteiger partial charge is 0.251 e. The number of hydrogen-bond acceptors (Lipinski definition) is 2. The molecule has 0 spiro atoms. The third-order valence-corrected chi connectivity index (χ3v) is 3.49. The minimum absolute atomic E-state index is 0.0918. The van der Waals surface area contributed by atoms with Gasteiger partial charge in [0.25, 0.3) is 5.91 Å². The van der Waals surface area contributed by atoms with E-state index in [0.29, 0.717) is 18.0 Å². The van der Waals surface area contributed by atoms with Crippen molar-refractivity contribution in [2.75, 3.05) is 6.54 Å². The van der Waals surface area contributed by atoms with Crippen LogP contribution in [0, 0.1) is 19.8 Å². The highest BCUT2D eigenvalue weighted by Gasteiger charge is 2.29. The van der Waals surface area contributed by atoms with Gasteiger partial charge in [-0.3, -0.25) is 4.79 Å². The summed E-state index contributed by atoms with van der Waals surface area (Å²) >= 11 is 0. The molecule has 0 saturated heterocycles. The Bertz CT molecular complexity index is 424. The lowest BCUT2D eigenvalue weighted by Gasteiger charge is -2.12. The molecule has 1 unspecified atom stereocenters. The van der Waals surface area contributed by atoms with Gasteiger partial charge in [-0.25, -0.2) is 0 Å². The van der Waals surface area contributed by atoms with Crippen molar-refractivity contribution in [2.24, 2.45) is 5.92 Å². The predicted octanol–water partition coefficient (Wildman–Crippen LogP) is 1.80. The fraction of sp³-hybridized carbons (Fsp3) is 0.500. The molecule has 2 rings (SSSR count). The maximum Gasteiger partial charge on any atom is 0.251 e. The molecule has 1 amide bonds. The van der Waals surface area contributed by atoms with Gasteiger partial charge in [-0.15, -0.1) is 0 Å². The van der Waals surface area contributed by atoms with E-state index < -0.39 is 0 Å². The number of rotatable bonds is 4. The van der Waals surface area contributed by atoms with Crippen molar-refractivity contribution in [1.29, 1.82) is 0 Å². The second-order valence-corrected chi connectivity index (χ2v) is 4.86. The van der Waals surface area contributed by atoms with Gasteiger partial charge in [-0.05, 0) is 49.8 Å². The molecule has 3 heteroatoms. The number of benzene rings is 1. The number of aryl methyl sites for hydroxylation is 1. The summed E-state index contributed by atoms with van der Waals surface area (Å²) in [6.45, 7) is 4.30. The lowest BCUT2D eigenvalue weighted by molar-refractivity contribution is 0.0900. The molecule has 0 aliphatic heterocycles. The van der Waals surface area contributed by atoms with Crippen LogP contribution in [-0.4, -0.2) is 23.7 Å². The fourth-order valence-corrected chi connectivity index (χ4v) is 1.94. The number of aliphatic hydroxyl groups is 1.